The molecule has 4 aromatic rings. The molecule has 0 bridgehead atoms. The highest BCUT2D eigenvalue weighted by atomic mass is 32.2. The summed E-state index contributed by atoms with van der Waals surface area (Å²) in [6.07, 6.45) is -1.39. The lowest BCUT2D eigenvalue weighted by Gasteiger charge is -2.14. The van der Waals surface area contributed by atoms with E-state index in [1.807, 2.05) is 0 Å². The summed E-state index contributed by atoms with van der Waals surface area (Å²) in [6.45, 7) is 0. The number of nitrogens with one attached hydrogen (secondary N) is 1. The second-order valence-electron chi connectivity index (χ2n) is 7.16. The third-order valence-corrected chi connectivity index (χ3v) is 7.56. The van der Waals surface area contributed by atoms with E-state index in [0.717, 1.165) is 22.4 Å². The van der Waals surface area contributed by atoms with Crippen LogP contribution in [0.1, 0.15) is 0 Å². The van der Waals surface area contributed by atoms with Gasteiger partial charge in [-0.3, -0.25) is 0 Å². The van der Waals surface area contributed by atoms with Gasteiger partial charge in [-0.05, 0) is 42.5 Å². The second-order valence-corrected chi connectivity index (χ2v) is 11.0. The zero-order chi connectivity index (χ0) is 24.7. The van der Waals surface area contributed by atoms with Gasteiger partial charge in [0.05, 0.1) is 10.4 Å². The highest BCUT2D eigenvalue weighted by Crippen LogP contribution is 2.32. The summed E-state index contributed by atoms with van der Waals surface area (Å²) in [5, 5.41) is 3.36. The molecule has 1 N–H and O–H groups in total. The number of ether oxygens (including phenoxy) is 1. The van der Waals surface area contributed by atoms with Crippen molar-refractivity contribution in [1.29, 1.82) is 0 Å². The van der Waals surface area contributed by atoms with Gasteiger partial charge in [0, 0.05) is 35.8 Å². The summed E-state index contributed by atoms with van der Waals surface area (Å²) in [4.78, 5) is 3.66. The molecule has 0 aliphatic carbocycles. The van der Waals surface area contributed by atoms with E-state index in [1.54, 1.807) is 0 Å². The molecule has 8 nitrogen and oxygen atoms in total. The lowest BCUT2D eigenvalue weighted by atomic mass is 10.3. The fraction of sp³-hybridized carbons (Fsp3) is 0.0952. The van der Waals surface area contributed by atoms with Crippen LogP contribution in [-0.2, 0) is 19.9 Å². The van der Waals surface area contributed by atoms with Crippen LogP contribution in [0.2, 0.25) is 0 Å². The molecule has 13 heteroatoms. The van der Waals surface area contributed by atoms with Gasteiger partial charge in [-0.2, -0.15) is 0 Å². The monoisotopic (exact) mass is 511 g/mol. The first kappa shape index (κ1) is 23.6. The molecule has 0 saturated carbocycles. The maximum Gasteiger partial charge on any atom is 0.573 e. The summed E-state index contributed by atoms with van der Waals surface area (Å²) in [6, 6.07) is 13.2. The molecule has 178 valence electrons. The second kappa shape index (κ2) is 8.33. The van der Waals surface area contributed by atoms with Gasteiger partial charge in [0.2, 0.25) is 0 Å². The Balaban J connectivity index is 1.72. The van der Waals surface area contributed by atoms with Gasteiger partial charge in [0.15, 0.2) is 9.84 Å². The Morgan fingerprint density at radius 1 is 0.971 bits per heavy atom. The third kappa shape index (κ3) is 4.84. The highest BCUT2D eigenvalue weighted by molar-refractivity contribution is 7.90. The number of rotatable bonds is 6. The van der Waals surface area contributed by atoms with Crippen molar-refractivity contribution in [2.45, 2.75) is 16.2 Å². The number of aromatic nitrogens is 2. The number of nitrogens with zero attached hydrogens (tertiary/aromatic N) is 2. The fourth-order valence-corrected chi connectivity index (χ4v) is 5.29. The van der Waals surface area contributed by atoms with Crippen molar-refractivity contribution in [3.05, 3.63) is 73.1 Å². The first-order valence-electron chi connectivity index (χ1n) is 9.49. The van der Waals surface area contributed by atoms with Crippen LogP contribution in [0, 0.1) is 0 Å². The normalized spacial score (nSPS) is 12.6. The van der Waals surface area contributed by atoms with E-state index < -0.39 is 36.9 Å². The van der Waals surface area contributed by atoms with Crippen molar-refractivity contribution in [3.8, 4) is 5.75 Å². The number of pyridine rings is 1. The largest absolute Gasteiger partial charge is 0.573 e. The lowest BCUT2D eigenvalue weighted by molar-refractivity contribution is -0.275. The van der Waals surface area contributed by atoms with E-state index >= 15 is 0 Å². The van der Waals surface area contributed by atoms with E-state index in [2.05, 4.69) is 15.0 Å². The van der Waals surface area contributed by atoms with Gasteiger partial charge in [-0.25, -0.2) is 25.8 Å². The molecule has 0 aliphatic heterocycles. The van der Waals surface area contributed by atoms with Gasteiger partial charge < -0.3 is 10.1 Å². The van der Waals surface area contributed by atoms with E-state index in [0.29, 0.717) is 11.1 Å². The third-order valence-electron chi connectivity index (χ3n) is 4.71. The average molecular weight is 512 g/mol. The number of fused-ring (bicyclic) bond motifs is 1. The molecule has 0 aliphatic rings. The quantitative estimate of drug-likeness (QED) is 0.411. The summed E-state index contributed by atoms with van der Waals surface area (Å²) in [7, 11) is -7.84. The number of anilines is 2. The van der Waals surface area contributed by atoms with Gasteiger partial charge in [-0.15, -0.1) is 13.2 Å². The zero-order valence-corrected chi connectivity index (χ0v) is 18.9. The predicted molar refractivity (Wildman–Crippen MR) is 118 cm³/mol. The minimum atomic E-state index is -5.07. The fourth-order valence-electron chi connectivity index (χ4n) is 3.19. The molecular weight excluding hydrogens is 495 g/mol. The van der Waals surface area contributed by atoms with Crippen LogP contribution < -0.4 is 10.1 Å². The number of alkyl halides is 3. The molecule has 0 unspecified atom stereocenters. The first-order valence-corrected chi connectivity index (χ1v) is 12.8. The van der Waals surface area contributed by atoms with Crippen LogP contribution in [0.3, 0.4) is 0 Å². The summed E-state index contributed by atoms with van der Waals surface area (Å²) in [5.74, 6) is -0.621. The average Bonchev–Trinajstić information content (AvgIpc) is 3.17. The predicted octanol–water partition coefficient (Wildman–Crippen LogP) is 4.32. The molecule has 0 atom stereocenters. The van der Waals surface area contributed by atoms with Crippen molar-refractivity contribution >= 4 is 42.3 Å². The minimum Gasteiger partial charge on any atom is -0.404 e. The Morgan fingerprint density at radius 3 is 2.29 bits per heavy atom. The molecule has 0 amide bonds. The van der Waals surface area contributed by atoms with Crippen molar-refractivity contribution in [1.82, 2.24) is 8.96 Å². The van der Waals surface area contributed by atoms with Gasteiger partial charge in [-0.1, -0.05) is 12.1 Å². The molecule has 2 aromatic heterocycles. The molecular formula is C21H16F3N3O5S2. The maximum absolute atomic E-state index is 13.2. The van der Waals surface area contributed by atoms with E-state index in [9.17, 15) is 30.0 Å². The molecule has 0 fully saturated rings. The van der Waals surface area contributed by atoms with Crippen LogP contribution >= 0.6 is 0 Å². The Hall–Kier alpha value is -3.58. The molecule has 2 aromatic carbocycles. The Morgan fingerprint density at radius 2 is 1.65 bits per heavy atom. The summed E-state index contributed by atoms with van der Waals surface area (Å²) >= 11 is 0. The van der Waals surface area contributed by atoms with Crippen molar-refractivity contribution in [2.24, 2.45) is 0 Å². The minimum absolute atomic E-state index is 0.126. The number of halogens is 3. The van der Waals surface area contributed by atoms with Gasteiger partial charge in [0.25, 0.3) is 10.0 Å². The SMILES string of the molecule is CS(=O)(=O)c1ccc(Nc2cc3c(ccn3S(=O)(=O)c3ccccc3OC(F)(F)F)cn2)cc1. The van der Waals surface area contributed by atoms with Crippen LogP contribution in [0.4, 0.5) is 24.7 Å². The molecule has 4 rings (SSSR count). The van der Waals surface area contributed by atoms with Crippen LogP contribution in [0.25, 0.3) is 10.9 Å². The Bertz CT molecular complexity index is 1580. The number of benzene rings is 2. The first-order chi connectivity index (χ1) is 15.8. The molecule has 0 spiro atoms. The lowest BCUT2D eigenvalue weighted by Crippen LogP contribution is -2.20. The van der Waals surface area contributed by atoms with Crippen LogP contribution in [-0.4, -0.2) is 38.4 Å². The highest BCUT2D eigenvalue weighted by Gasteiger charge is 2.34. The Kier molecular flexibility index (Phi) is 5.77. The van der Waals surface area contributed by atoms with Crippen molar-refractivity contribution in [2.75, 3.05) is 11.6 Å². The zero-order valence-electron chi connectivity index (χ0n) is 17.3. The van der Waals surface area contributed by atoms with E-state index in [-0.39, 0.29) is 16.2 Å². The van der Waals surface area contributed by atoms with Gasteiger partial charge in [0.1, 0.15) is 16.5 Å². The molecule has 0 saturated heterocycles. The van der Waals surface area contributed by atoms with Crippen LogP contribution in [0.5, 0.6) is 5.75 Å². The standard InChI is InChI=1S/C21H16F3N3O5S2/c1-33(28,29)16-8-6-15(7-9-16)26-20-12-17-14(13-25-20)10-11-27(17)34(30,31)19-5-3-2-4-18(19)32-21(22,23)24/h2-13H,1H3,(H,25,26). The number of sulfone groups is 1. The number of hydrogen-bond donors (Lipinski definition) is 1. The smallest absolute Gasteiger partial charge is 0.404 e. The molecule has 0 radical (unpaired) electrons. The van der Waals surface area contributed by atoms with Gasteiger partial charge >= 0.3 is 6.36 Å². The molecule has 2 heterocycles. The summed E-state index contributed by atoms with van der Waals surface area (Å²) < 4.78 is 92.8. The van der Waals surface area contributed by atoms with Crippen molar-refractivity contribution < 1.29 is 34.7 Å². The van der Waals surface area contributed by atoms with Crippen molar-refractivity contribution in [3.63, 3.8) is 0 Å². The number of hydrogen-bond acceptors (Lipinski definition) is 7. The van der Waals surface area contributed by atoms with E-state index in [1.165, 1.54) is 60.9 Å². The molecule has 34 heavy (non-hydrogen) atoms. The topological polar surface area (TPSA) is 107 Å². The Labute approximate surface area is 192 Å². The van der Waals surface area contributed by atoms with E-state index in [4.69, 9.17) is 0 Å². The van der Waals surface area contributed by atoms with Crippen LogP contribution in [0.15, 0.2) is 82.8 Å². The summed E-state index contributed by atoms with van der Waals surface area (Å²) in [5.41, 5.74) is 0.649. The maximum atomic E-state index is 13.2. The number of para-hydroxylation sites is 1.